The predicted molar refractivity (Wildman–Crippen MR) is 104 cm³/mol. The molecule has 0 aliphatic rings. The van der Waals surface area contributed by atoms with E-state index in [-0.39, 0.29) is 5.56 Å². The quantitative estimate of drug-likeness (QED) is 0.262. The summed E-state index contributed by atoms with van der Waals surface area (Å²) in [5.74, 6) is 5.03. The highest BCUT2D eigenvalue weighted by Crippen LogP contribution is 2.29. The number of hydrogen-bond acceptors (Lipinski definition) is 0. The Morgan fingerprint density at radius 2 is 1.68 bits per heavy atom. The van der Waals surface area contributed by atoms with E-state index in [2.05, 4.69) is 17.9 Å². The van der Waals surface area contributed by atoms with Crippen LogP contribution >= 0.6 is 0 Å². The van der Waals surface area contributed by atoms with Gasteiger partial charge >= 0.3 is 6.18 Å². The lowest BCUT2D eigenvalue weighted by Gasteiger charge is -2.06. The maximum Gasteiger partial charge on any atom is 0.416 e. The second kappa shape index (κ2) is 8.31. The predicted octanol–water partition coefficient (Wildman–Crippen LogP) is 6.91. The average molecular weight is 382 g/mol. The fourth-order valence-electron chi connectivity index (χ4n) is 2.89. The van der Waals surface area contributed by atoms with Gasteiger partial charge in [0.25, 0.3) is 0 Å². The average Bonchev–Trinajstić information content (AvgIpc) is 2.67. The smallest absolute Gasteiger partial charge is 0.205 e. The molecule has 0 nitrogen and oxygen atoms in total. The van der Waals surface area contributed by atoms with E-state index in [4.69, 9.17) is 0 Å². The molecule has 0 aliphatic heterocycles. The van der Waals surface area contributed by atoms with Crippen LogP contribution in [0.4, 0.5) is 17.6 Å². The molecule has 0 amide bonds. The van der Waals surface area contributed by atoms with Crippen molar-refractivity contribution in [2.45, 2.75) is 25.9 Å². The van der Waals surface area contributed by atoms with Crippen molar-refractivity contribution in [3.63, 3.8) is 0 Å². The van der Waals surface area contributed by atoms with Gasteiger partial charge in [0.15, 0.2) is 0 Å². The third kappa shape index (κ3) is 4.61. The van der Waals surface area contributed by atoms with Gasteiger partial charge in [-0.15, -0.1) is 0 Å². The Kier molecular flexibility index (Phi) is 5.84. The molecule has 28 heavy (non-hydrogen) atoms. The second-order valence-corrected chi connectivity index (χ2v) is 6.42. The molecule has 3 aromatic carbocycles. The Bertz CT molecular complexity index is 1060. The number of fused-ring (bicyclic) bond motifs is 1. The molecular weight excluding hydrogens is 364 g/mol. The van der Waals surface area contributed by atoms with Gasteiger partial charge in [0.1, 0.15) is 5.82 Å². The van der Waals surface area contributed by atoms with Gasteiger partial charge in [-0.1, -0.05) is 48.3 Å². The molecule has 0 spiro atoms. The molecule has 0 aliphatic carbocycles. The number of alkyl halides is 3. The molecule has 0 unspecified atom stereocenters. The van der Waals surface area contributed by atoms with Gasteiger partial charge in [-0.3, -0.25) is 0 Å². The molecule has 0 aromatic heterocycles. The van der Waals surface area contributed by atoms with Gasteiger partial charge in [-0.05, 0) is 61.0 Å². The minimum absolute atomic E-state index is 0.217. The molecule has 3 aromatic rings. The van der Waals surface area contributed by atoms with Gasteiger partial charge in [-0.2, -0.15) is 13.2 Å². The summed E-state index contributed by atoms with van der Waals surface area (Å²) in [5.41, 5.74) is 1.01. The Hall–Kier alpha value is -3.06. The molecule has 4 heteroatoms. The molecule has 0 N–H and O–H groups in total. The van der Waals surface area contributed by atoms with Crippen molar-refractivity contribution in [2.75, 3.05) is 0 Å². The Morgan fingerprint density at radius 1 is 0.929 bits per heavy atom. The molecular formula is C24H18F4. The number of hydrogen-bond donors (Lipinski definition) is 0. The third-order valence-electron chi connectivity index (χ3n) is 4.41. The maximum absolute atomic E-state index is 14.8. The van der Waals surface area contributed by atoms with Crippen molar-refractivity contribution in [3.8, 4) is 11.8 Å². The summed E-state index contributed by atoms with van der Waals surface area (Å²) in [4.78, 5) is 0. The molecule has 0 bridgehead atoms. The highest BCUT2D eigenvalue weighted by Gasteiger charge is 2.29. The van der Waals surface area contributed by atoms with Crippen LogP contribution in [0.1, 0.15) is 35.6 Å². The molecule has 3 rings (SSSR count). The SMILES string of the molecule is C/C=C/CCc1ccc2c(F)c(C#Cc3ccc(C(F)(F)F)cc3)ccc2c1. The van der Waals surface area contributed by atoms with Crippen LogP contribution in [0.5, 0.6) is 0 Å². The van der Waals surface area contributed by atoms with Crippen LogP contribution in [-0.2, 0) is 12.6 Å². The van der Waals surface area contributed by atoms with Gasteiger partial charge in [0.2, 0.25) is 0 Å². The first-order chi connectivity index (χ1) is 13.4. The van der Waals surface area contributed by atoms with Crippen LogP contribution in [0.3, 0.4) is 0 Å². The minimum Gasteiger partial charge on any atom is -0.205 e. The lowest BCUT2D eigenvalue weighted by molar-refractivity contribution is -0.137. The van der Waals surface area contributed by atoms with Crippen LogP contribution in [0.15, 0.2) is 66.7 Å². The van der Waals surface area contributed by atoms with E-state index in [1.165, 1.54) is 12.1 Å². The number of halogens is 4. The largest absolute Gasteiger partial charge is 0.416 e. The summed E-state index contributed by atoms with van der Waals surface area (Å²) < 4.78 is 52.6. The lowest BCUT2D eigenvalue weighted by Crippen LogP contribution is -2.04. The molecule has 0 fully saturated rings. The fourth-order valence-corrected chi connectivity index (χ4v) is 2.89. The summed E-state index contributed by atoms with van der Waals surface area (Å²) in [6.45, 7) is 1.98. The standard InChI is InChI=1S/C24H18F4/c1-2-3-4-5-18-9-15-22-20(16-18)12-11-19(23(22)25)10-6-17-7-13-21(14-8-17)24(26,27)28/h2-3,7-9,11-16H,4-5H2,1H3/b3-2+. The molecule has 142 valence electrons. The van der Waals surface area contributed by atoms with Crippen molar-refractivity contribution in [2.24, 2.45) is 0 Å². The molecule has 0 radical (unpaired) electrons. The summed E-state index contributed by atoms with van der Waals surface area (Å²) >= 11 is 0. The zero-order valence-electron chi connectivity index (χ0n) is 15.3. The van der Waals surface area contributed by atoms with E-state index in [1.54, 1.807) is 12.1 Å². The summed E-state index contributed by atoms with van der Waals surface area (Å²) in [6.07, 6.45) is 1.52. The summed E-state index contributed by atoms with van der Waals surface area (Å²) in [6, 6.07) is 13.5. The van der Waals surface area contributed by atoms with Crippen LogP contribution in [0.2, 0.25) is 0 Å². The van der Waals surface area contributed by atoms with E-state index in [0.717, 1.165) is 35.9 Å². The number of benzene rings is 3. The first-order valence-corrected chi connectivity index (χ1v) is 8.90. The minimum atomic E-state index is -4.39. The highest BCUT2D eigenvalue weighted by atomic mass is 19.4. The van der Waals surface area contributed by atoms with Crippen LogP contribution in [0, 0.1) is 17.7 Å². The second-order valence-electron chi connectivity index (χ2n) is 6.42. The van der Waals surface area contributed by atoms with Crippen molar-refractivity contribution in [1.29, 1.82) is 0 Å². The van der Waals surface area contributed by atoms with E-state index < -0.39 is 17.6 Å². The van der Waals surface area contributed by atoms with E-state index in [0.29, 0.717) is 10.9 Å². The zero-order valence-corrected chi connectivity index (χ0v) is 15.3. The molecule has 0 saturated carbocycles. The Morgan fingerprint density at radius 3 is 2.36 bits per heavy atom. The monoisotopic (exact) mass is 382 g/mol. The van der Waals surface area contributed by atoms with Crippen molar-refractivity contribution in [3.05, 3.63) is 94.8 Å². The van der Waals surface area contributed by atoms with Crippen molar-refractivity contribution in [1.82, 2.24) is 0 Å². The first kappa shape index (κ1) is 19.7. The lowest BCUT2D eigenvalue weighted by atomic mass is 10.0. The number of allylic oxidation sites excluding steroid dienone is 2. The molecule has 0 heterocycles. The van der Waals surface area contributed by atoms with E-state index in [1.807, 2.05) is 31.2 Å². The van der Waals surface area contributed by atoms with Gasteiger partial charge in [0, 0.05) is 10.9 Å². The topological polar surface area (TPSA) is 0 Å². The summed E-state index contributed by atoms with van der Waals surface area (Å²) in [5, 5.41) is 1.28. The maximum atomic E-state index is 14.8. The zero-order chi connectivity index (χ0) is 20.1. The number of rotatable bonds is 3. The van der Waals surface area contributed by atoms with Crippen LogP contribution < -0.4 is 0 Å². The van der Waals surface area contributed by atoms with E-state index in [9.17, 15) is 17.6 Å². The van der Waals surface area contributed by atoms with Gasteiger partial charge in [-0.25, -0.2) is 4.39 Å². The van der Waals surface area contributed by atoms with Crippen LogP contribution in [0.25, 0.3) is 10.8 Å². The van der Waals surface area contributed by atoms with Crippen LogP contribution in [-0.4, -0.2) is 0 Å². The summed E-state index contributed by atoms with van der Waals surface area (Å²) in [7, 11) is 0. The van der Waals surface area contributed by atoms with Crippen molar-refractivity contribution >= 4 is 10.8 Å². The molecule has 0 saturated heterocycles. The highest BCUT2D eigenvalue weighted by molar-refractivity contribution is 5.85. The normalized spacial score (nSPS) is 11.6. The van der Waals surface area contributed by atoms with Crippen molar-refractivity contribution < 1.29 is 17.6 Å². The van der Waals surface area contributed by atoms with Gasteiger partial charge in [0.05, 0.1) is 11.1 Å². The van der Waals surface area contributed by atoms with Gasteiger partial charge < -0.3 is 0 Å². The Labute approximate surface area is 161 Å². The molecule has 0 atom stereocenters. The Balaban J connectivity index is 1.85. The van der Waals surface area contributed by atoms with E-state index >= 15 is 0 Å². The first-order valence-electron chi connectivity index (χ1n) is 8.90. The number of aryl methyl sites for hydroxylation is 1. The third-order valence-corrected chi connectivity index (χ3v) is 4.41. The fraction of sp³-hybridized carbons (Fsp3) is 0.167.